The highest BCUT2D eigenvalue weighted by molar-refractivity contribution is 6.30. The Hall–Kier alpha value is -0.280. The minimum atomic E-state index is 0. The van der Waals surface area contributed by atoms with Crippen LogP contribution in [-0.2, 0) is 5.41 Å². The van der Waals surface area contributed by atoms with E-state index in [-0.39, 0.29) is 17.8 Å². The molecule has 0 aromatic heterocycles. The van der Waals surface area contributed by atoms with Crippen LogP contribution < -0.4 is 11.1 Å². The molecule has 1 saturated heterocycles. The molecule has 0 unspecified atom stereocenters. The molecular formula is C12H18Cl2N2. The van der Waals surface area contributed by atoms with Gasteiger partial charge in [0.15, 0.2) is 0 Å². The Kier molecular flexibility index (Phi) is 5.06. The predicted octanol–water partition coefficient (Wildman–Crippen LogP) is 2.34. The number of nitrogens with one attached hydrogen (secondary N) is 1. The van der Waals surface area contributed by atoms with Crippen molar-refractivity contribution in [3.63, 3.8) is 0 Å². The topological polar surface area (TPSA) is 38.0 Å². The Balaban J connectivity index is 0.00000128. The molecule has 2 rings (SSSR count). The van der Waals surface area contributed by atoms with E-state index in [4.69, 9.17) is 17.3 Å². The Labute approximate surface area is 108 Å². The molecule has 0 aliphatic carbocycles. The van der Waals surface area contributed by atoms with Crippen molar-refractivity contribution in [2.45, 2.75) is 18.3 Å². The van der Waals surface area contributed by atoms with Crippen LogP contribution in [0.5, 0.6) is 0 Å². The largest absolute Gasteiger partial charge is 0.330 e. The van der Waals surface area contributed by atoms with Gasteiger partial charge in [-0.1, -0.05) is 23.7 Å². The zero-order valence-electron chi connectivity index (χ0n) is 9.21. The van der Waals surface area contributed by atoms with Gasteiger partial charge in [-0.05, 0) is 43.6 Å². The van der Waals surface area contributed by atoms with Gasteiger partial charge in [0.2, 0.25) is 0 Å². The van der Waals surface area contributed by atoms with E-state index in [0.717, 1.165) is 37.5 Å². The summed E-state index contributed by atoms with van der Waals surface area (Å²) >= 11 is 5.90. The molecule has 0 spiro atoms. The number of halogens is 2. The molecule has 1 aliphatic rings. The maximum Gasteiger partial charge on any atom is 0.0406 e. The zero-order valence-corrected chi connectivity index (χ0v) is 10.8. The van der Waals surface area contributed by atoms with Crippen LogP contribution in [0.15, 0.2) is 24.3 Å². The van der Waals surface area contributed by atoms with Crippen LogP contribution in [0, 0.1) is 0 Å². The van der Waals surface area contributed by atoms with Crippen LogP contribution >= 0.6 is 24.0 Å². The molecule has 0 amide bonds. The number of piperidine rings is 1. The molecule has 1 heterocycles. The Morgan fingerprint density at radius 1 is 1.19 bits per heavy atom. The standard InChI is InChI=1S/C12H17ClN2.ClH/c13-11-3-1-10(2-4-11)12(9-14)5-7-15-8-6-12;/h1-4,15H,5-9,14H2;1H. The van der Waals surface area contributed by atoms with Gasteiger partial charge in [0.25, 0.3) is 0 Å². The molecule has 0 bridgehead atoms. The Morgan fingerprint density at radius 2 is 1.75 bits per heavy atom. The molecule has 1 fully saturated rings. The molecule has 16 heavy (non-hydrogen) atoms. The van der Waals surface area contributed by atoms with Crippen molar-refractivity contribution in [2.24, 2.45) is 5.73 Å². The highest BCUT2D eigenvalue weighted by atomic mass is 35.5. The van der Waals surface area contributed by atoms with Crippen LogP contribution in [0.2, 0.25) is 5.02 Å². The van der Waals surface area contributed by atoms with Gasteiger partial charge in [-0.2, -0.15) is 0 Å². The molecule has 90 valence electrons. The summed E-state index contributed by atoms with van der Waals surface area (Å²) in [7, 11) is 0. The minimum absolute atomic E-state index is 0. The third-order valence-corrected chi connectivity index (χ3v) is 3.66. The molecule has 0 atom stereocenters. The highest BCUT2D eigenvalue weighted by Crippen LogP contribution is 2.32. The first-order valence-corrected chi connectivity index (χ1v) is 5.81. The van der Waals surface area contributed by atoms with Crippen molar-refractivity contribution in [3.05, 3.63) is 34.9 Å². The monoisotopic (exact) mass is 260 g/mol. The van der Waals surface area contributed by atoms with Crippen molar-refractivity contribution in [1.82, 2.24) is 5.32 Å². The van der Waals surface area contributed by atoms with Crippen LogP contribution in [0.25, 0.3) is 0 Å². The fourth-order valence-corrected chi connectivity index (χ4v) is 2.45. The smallest absolute Gasteiger partial charge is 0.0406 e. The summed E-state index contributed by atoms with van der Waals surface area (Å²) in [4.78, 5) is 0. The lowest BCUT2D eigenvalue weighted by Crippen LogP contribution is -2.44. The number of rotatable bonds is 2. The van der Waals surface area contributed by atoms with E-state index in [1.165, 1.54) is 5.56 Å². The molecule has 0 saturated carbocycles. The summed E-state index contributed by atoms with van der Waals surface area (Å²) in [5, 5.41) is 4.16. The quantitative estimate of drug-likeness (QED) is 0.857. The molecule has 0 radical (unpaired) electrons. The summed E-state index contributed by atoms with van der Waals surface area (Å²) in [6, 6.07) is 8.13. The van der Waals surface area contributed by atoms with Crippen molar-refractivity contribution in [3.8, 4) is 0 Å². The predicted molar refractivity (Wildman–Crippen MR) is 71.5 cm³/mol. The van der Waals surface area contributed by atoms with E-state index in [1.54, 1.807) is 0 Å². The van der Waals surface area contributed by atoms with Crippen molar-refractivity contribution in [1.29, 1.82) is 0 Å². The maximum atomic E-state index is 5.95. The first-order chi connectivity index (χ1) is 7.27. The first kappa shape index (κ1) is 13.8. The average molecular weight is 261 g/mol. The minimum Gasteiger partial charge on any atom is -0.330 e. The molecular weight excluding hydrogens is 243 g/mol. The van der Waals surface area contributed by atoms with Crippen molar-refractivity contribution >= 4 is 24.0 Å². The lowest BCUT2D eigenvalue weighted by Gasteiger charge is -2.37. The number of hydrogen-bond donors (Lipinski definition) is 2. The SMILES string of the molecule is Cl.NCC1(c2ccc(Cl)cc2)CCNCC1. The second kappa shape index (κ2) is 5.87. The fourth-order valence-electron chi connectivity index (χ4n) is 2.32. The van der Waals surface area contributed by atoms with Gasteiger partial charge in [-0.3, -0.25) is 0 Å². The van der Waals surface area contributed by atoms with E-state index in [2.05, 4.69) is 17.4 Å². The van der Waals surface area contributed by atoms with Gasteiger partial charge in [0.05, 0.1) is 0 Å². The maximum absolute atomic E-state index is 5.95. The normalized spacial score (nSPS) is 18.9. The Bertz CT molecular complexity index is 318. The van der Waals surface area contributed by atoms with Gasteiger partial charge in [0.1, 0.15) is 0 Å². The third-order valence-electron chi connectivity index (χ3n) is 3.41. The van der Waals surface area contributed by atoms with Crippen LogP contribution in [0.3, 0.4) is 0 Å². The summed E-state index contributed by atoms with van der Waals surface area (Å²) in [6.07, 6.45) is 2.23. The summed E-state index contributed by atoms with van der Waals surface area (Å²) in [5.74, 6) is 0. The highest BCUT2D eigenvalue weighted by Gasteiger charge is 2.32. The average Bonchev–Trinajstić information content (AvgIpc) is 2.31. The van der Waals surface area contributed by atoms with Gasteiger partial charge in [0, 0.05) is 17.0 Å². The van der Waals surface area contributed by atoms with Crippen molar-refractivity contribution in [2.75, 3.05) is 19.6 Å². The lowest BCUT2D eigenvalue weighted by molar-refractivity contribution is 0.315. The van der Waals surface area contributed by atoms with E-state index >= 15 is 0 Å². The molecule has 3 N–H and O–H groups in total. The van der Waals surface area contributed by atoms with Crippen LogP contribution in [0.1, 0.15) is 18.4 Å². The zero-order chi connectivity index (χ0) is 10.7. The third kappa shape index (κ3) is 2.69. The van der Waals surface area contributed by atoms with Gasteiger partial charge >= 0.3 is 0 Å². The van der Waals surface area contributed by atoms with E-state index in [0.29, 0.717) is 0 Å². The second-order valence-electron chi connectivity index (χ2n) is 4.24. The van der Waals surface area contributed by atoms with Crippen LogP contribution in [-0.4, -0.2) is 19.6 Å². The number of benzene rings is 1. The molecule has 1 aromatic rings. The summed E-state index contributed by atoms with van der Waals surface area (Å²) in [6.45, 7) is 2.83. The number of nitrogens with two attached hydrogens (primary N) is 1. The first-order valence-electron chi connectivity index (χ1n) is 5.44. The van der Waals surface area contributed by atoms with Gasteiger partial charge in [-0.15, -0.1) is 12.4 Å². The van der Waals surface area contributed by atoms with Crippen molar-refractivity contribution < 1.29 is 0 Å². The van der Waals surface area contributed by atoms with E-state index in [1.807, 2.05) is 12.1 Å². The molecule has 1 aromatic carbocycles. The summed E-state index contributed by atoms with van der Waals surface area (Å²) < 4.78 is 0. The second-order valence-corrected chi connectivity index (χ2v) is 4.68. The van der Waals surface area contributed by atoms with Gasteiger partial charge in [-0.25, -0.2) is 0 Å². The fraction of sp³-hybridized carbons (Fsp3) is 0.500. The van der Waals surface area contributed by atoms with E-state index in [9.17, 15) is 0 Å². The van der Waals surface area contributed by atoms with E-state index < -0.39 is 0 Å². The molecule has 1 aliphatic heterocycles. The molecule has 4 heteroatoms. The van der Waals surface area contributed by atoms with Crippen LogP contribution in [0.4, 0.5) is 0 Å². The van der Waals surface area contributed by atoms with Gasteiger partial charge < -0.3 is 11.1 Å². The lowest BCUT2D eigenvalue weighted by atomic mass is 9.73. The Morgan fingerprint density at radius 3 is 2.25 bits per heavy atom. The number of hydrogen-bond acceptors (Lipinski definition) is 2. The molecule has 2 nitrogen and oxygen atoms in total. The summed E-state index contributed by atoms with van der Waals surface area (Å²) in [5.41, 5.74) is 7.44.